The number of allylic oxidation sites excluding steroid dienone is 3. The van der Waals surface area contributed by atoms with Gasteiger partial charge in [-0.2, -0.15) is 0 Å². The Labute approximate surface area is 348 Å². The zero-order chi connectivity index (χ0) is 39.1. The van der Waals surface area contributed by atoms with Gasteiger partial charge in [0.25, 0.3) is 0 Å². The number of nitrogens with zero attached hydrogens (tertiary/aromatic N) is 2. The highest BCUT2D eigenvalue weighted by molar-refractivity contribution is 7.26. The topological polar surface area (TPSA) is 34.0 Å². The summed E-state index contributed by atoms with van der Waals surface area (Å²) in [5.41, 5.74) is 13.5. The van der Waals surface area contributed by atoms with E-state index in [2.05, 4.69) is 194 Å². The number of hydrogen-bond acceptors (Lipinski definition) is 4. The maximum absolute atomic E-state index is 6.88. The Morgan fingerprint density at radius 1 is 0.525 bits per heavy atom. The summed E-state index contributed by atoms with van der Waals surface area (Å²) in [5, 5.41) is 2.56. The molecule has 3 nitrogen and oxygen atoms in total. The van der Waals surface area contributed by atoms with Gasteiger partial charge in [-0.15, -0.1) is 11.3 Å². The maximum atomic E-state index is 6.88. The maximum Gasteiger partial charge on any atom is 0.160 e. The van der Waals surface area contributed by atoms with Crippen LogP contribution in [0.5, 0.6) is 5.75 Å². The Balaban J connectivity index is 1.13. The van der Waals surface area contributed by atoms with Gasteiger partial charge in [-0.1, -0.05) is 158 Å². The van der Waals surface area contributed by atoms with Crippen molar-refractivity contribution in [3.05, 3.63) is 216 Å². The van der Waals surface area contributed by atoms with Crippen molar-refractivity contribution in [2.24, 2.45) is 9.98 Å². The second kappa shape index (κ2) is 15.1. The van der Waals surface area contributed by atoms with E-state index in [-0.39, 0.29) is 12.0 Å². The average molecular weight is 777 g/mol. The molecular weight excluding hydrogens is 737 g/mol. The molecule has 3 aliphatic rings. The Kier molecular flexibility index (Phi) is 9.05. The van der Waals surface area contributed by atoms with E-state index in [0.717, 1.165) is 58.7 Å². The van der Waals surface area contributed by atoms with Crippen LogP contribution >= 0.6 is 11.3 Å². The molecule has 0 N–H and O–H groups in total. The Bertz CT molecular complexity index is 3030. The number of amidine groups is 1. The molecule has 59 heavy (non-hydrogen) atoms. The van der Waals surface area contributed by atoms with Crippen molar-refractivity contribution in [2.45, 2.75) is 31.3 Å². The smallest absolute Gasteiger partial charge is 0.160 e. The van der Waals surface area contributed by atoms with Crippen molar-refractivity contribution in [3.63, 3.8) is 0 Å². The monoisotopic (exact) mass is 776 g/mol. The fourth-order valence-corrected chi connectivity index (χ4v) is 10.1. The molecule has 0 radical (unpaired) electrons. The summed E-state index contributed by atoms with van der Waals surface area (Å²) in [6, 6.07) is 58.7. The standard InChI is InChI=1S/C55H40N2OS/c1-4-16-36(17-5-1)38-28-30-40(31-29-38)55-56-47(39-20-8-3-9-21-39)24-12-13-25-48(57-55)42-33-45(53-43-22-10-14-26-49(43)58-50(53)34-42)46-32-41(37-18-6-2-7-19-37)35-52-54(46)44-23-11-15-27-51(44)59-52/h1-11,14-23,25-35,43,49H,12-13,24H2. The summed E-state index contributed by atoms with van der Waals surface area (Å²) in [6.07, 6.45) is 13.7. The lowest BCUT2D eigenvalue weighted by molar-refractivity contribution is 0.269. The van der Waals surface area contributed by atoms with Gasteiger partial charge >= 0.3 is 0 Å². The molecule has 11 rings (SSSR count). The van der Waals surface area contributed by atoms with Crippen LogP contribution in [-0.2, 0) is 0 Å². The van der Waals surface area contributed by atoms with Crippen LogP contribution in [0.15, 0.2) is 204 Å². The minimum atomic E-state index is -0.0641. The van der Waals surface area contributed by atoms with Crippen LogP contribution in [0.2, 0.25) is 0 Å². The zero-order valence-electron chi connectivity index (χ0n) is 32.5. The molecular formula is C55H40N2OS. The quantitative estimate of drug-likeness (QED) is 0.166. The normalized spacial score (nSPS) is 17.3. The first kappa shape index (κ1) is 35.3. The molecule has 0 bridgehead atoms. The highest BCUT2D eigenvalue weighted by atomic mass is 32.1. The van der Waals surface area contributed by atoms with E-state index >= 15 is 0 Å². The second-order valence-electron chi connectivity index (χ2n) is 15.5. The molecule has 0 fully saturated rings. The third-order valence-corrected chi connectivity index (χ3v) is 12.9. The third kappa shape index (κ3) is 6.66. The molecule has 3 heterocycles. The fourth-order valence-electron chi connectivity index (χ4n) is 8.88. The molecule has 1 aromatic heterocycles. The summed E-state index contributed by atoms with van der Waals surface area (Å²) in [6.45, 7) is 0. The van der Waals surface area contributed by atoms with Gasteiger partial charge in [0.1, 0.15) is 11.9 Å². The molecule has 0 spiro atoms. The van der Waals surface area contributed by atoms with E-state index < -0.39 is 0 Å². The third-order valence-electron chi connectivity index (χ3n) is 11.8. The molecule has 0 amide bonds. The lowest BCUT2D eigenvalue weighted by atomic mass is 9.83. The van der Waals surface area contributed by atoms with Crippen LogP contribution in [0.3, 0.4) is 0 Å². The summed E-state index contributed by atoms with van der Waals surface area (Å²) >= 11 is 1.87. The van der Waals surface area contributed by atoms with Crippen LogP contribution < -0.4 is 4.74 Å². The number of aliphatic imine (C=N–C) groups is 2. The number of hydrogen-bond donors (Lipinski definition) is 0. The van der Waals surface area contributed by atoms with E-state index in [1.54, 1.807) is 0 Å². The van der Waals surface area contributed by atoms with Gasteiger partial charge in [-0.05, 0) is 94.6 Å². The lowest BCUT2D eigenvalue weighted by Gasteiger charge is -2.18. The van der Waals surface area contributed by atoms with Crippen LogP contribution in [0.25, 0.3) is 59.3 Å². The van der Waals surface area contributed by atoms with E-state index in [1.807, 2.05) is 11.3 Å². The number of benzene rings is 7. The van der Waals surface area contributed by atoms with Gasteiger partial charge in [0.15, 0.2) is 5.84 Å². The van der Waals surface area contributed by atoms with Crippen LogP contribution in [-0.4, -0.2) is 17.7 Å². The molecule has 2 unspecified atom stereocenters. The van der Waals surface area contributed by atoms with Crippen LogP contribution in [0.1, 0.15) is 47.4 Å². The van der Waals surface area contributed by atoms with E-state index in [9.17, 15) is 0 Å². The van der Waals surface area contributed by atoms with Crippen molar-refractivity contribution in [1.82, 2.24) is 0 Å². The van der Waals surface area contributed by atoms with Crippen LogP contribution in [0.4, 0.5) is 0 Å². The lowest BCUT2D eigenvalue weighted by Crippen LogP contribution is -2.15. The van der Waals surface area contributed by atoms with Crippen molar-refractivity contribution in [3.8, 4) is 39.1 Å². The summed E-state index contributed by atoms with van der Waals surface area (Å²) < 4.78 is 9.45. The van der Waals surface area contributed by atoms with Crippen molar-refractivity contribution in [1.29, 1.82) is 0 Å². The SMILES string of the molecule is C1=CC2Oc3cc(C4=CCCCC(c5ccccc5)=NC(c5ccc(-c6ccccc6)cc5)=N4)cc(-c4cc(-c5ccccc5)cc5sc6ccccc6c45)c3C2C=C1. The highest BCUT2D eigenvalue weighted by Crippen LogP contribution is 2.51. The largest absolute Gasteiger partial charge is 0.485 e. The average Bonchev–Trinajstić information content (AvgIpc) is 3.90. The fraction of sp³-hybridized carbons (Fsp3) is 0.0909. The van der Waals surface area contributed by atoms with E-state index in [4.69, 9.17) is 14.7 Å². The number of thiophene rings is 1. The number of fused-ring (bicyclic) bond motifs is 6. The summed E-state index contributed by atoms with van der Waals surface area (Å²) in [4.78, 5) is 11.0. The van der Waals surface area contributed by atoms with E-state index in [1.165, 1.54) is 53.6 Å². The van der Waals surface area contributed by atoms with Gasteiger partial charge in [-0.25, -0.2) is 9.98 Å². The first-order chi connectivity index (χ1) is 29.2. The van der Waals surface area contributed by atoms with Gasteiger partial charge in [0, 0.05) is 42.8 Å². The zero-order valence-corrected chi connectivity index (χ0v) is 33.3. The van der Waals surface area contributed by atoms with E-state index in [0.29, 0.717) is 5.84 Å². The minimum absolute atomic E-state index is 0.0641. The van der Waals surface area contributed by atoms with Crippen molar-refractivity contribution >= 4 is 48.8 Å². The molecule has 2 atom stereocenters. The van der Waals surface area contributed by atoms with Crippen LogP contribution in [0, 0.1) is 0 Å². The van der Waals surface area contributed by atoms with Gasteiger partial charge in [-0.3, -0.25) is 0 Å². The van der Waals surface area contributed by atoms with Crippen molar-refractivity contribution in [2.75, 3.05) is 0 Å². The molecule has 2 aliphatic heterocycles. The Morgan fingerprint density at radius 3 is 1.95 bits per heavy atom. The molecule has 0 saturated heterocycles. The minimum Gasteiger partial charge on any atom is -0.485 e. The summed E-state index contributed by atoms with van der Waals surface area (Å²) in [5.74, 6) is 1.73. The highest BCUT2D eigenvalue weighted by Gasteiger charge is 2.36. The van der Waals surface area contributed by atoms with Crippen molar-refractivity contribution < 1.29 is 4.74 Å². The molecule has 0 saturated carbocycles. The second-order valence-corrected chi connectivity index (χ2v) is 16.5. The molecule has 282 valence electrons. The first-order valence-electron chi connectivity index (χ1n) is 20.5. The van der Waals surface area contributed by atoms with Gasteiger partial charge < -0.3 is 4.74 Å². The Morgan fingerprint density at radius 2 is 1.17 bits per heavy atom. The van der Waals surface area contributed by atoms with Gasteiger partial charge in [0.05, 0.1) is 11.4 Å². The predicted octanol–water partition coefficient (Wildman–Crippen LogP) is 14.5. The van der Waals surface area contributed by atoms with Gasteiger partial charge in [0.2, 0.25) is 0 Å². The number of ether oxygens (including phenoxy) is 1. The number of rotatable bonds is 6. The predicted molar refractivity (Wildman–Crippen MR) is 249 cm³/mol. The summed E-state index contributed by atoms with van der Waals surface area (Å²) in [7, 11) is 0. The Hall–Kier alpha value is -6.88. The molecule has 1 aliphatic carbocycles. The molecule has 7 aromatic carbocycles. The first-order valence-corrected chi connectivity index (χ1v) is 21.3. The molecule has 4 heteroatoms. The molecule has 8 aromatic rings.